The van der Waals surface area contributed by atoms with Crippen LogP contribution in [-0.2, 0) is 10.2 Å². The van der Waals surface area contributed by atoms with Gasteiger partial charge in [0.05, 0.1) is 11.9 Å². The molecule has 1 fully saturated rings. The van der Waals surface area contributed by atoms with Gasteiger partial charge in [0.25, 0.3) is 0 Å². The third kappa shape index (κ3) is 3.13. The Balaban J connectivity index is 2.13. The molecule has 1 aliphatic heterocycles. The maximum atomic E-state index is 12.1. The van der Waals surface area contributed by atoms with Crippen LogP contribution in [0.2, 0.25) is 5.15 Å². The molecule has 2 heterocycles. The standard InChI is InChI=1S/C11H16ClN3O2S/c1-9-7-10(8-13-11(9)12)14-18(16,17)15-5-3-2-4-6-15/h7-8,14H,2-6H2,1H3. The molecule has 0 aliphatic carbocycles. The number of nitrogens with one attached hydrogen (secondary N) is 1. The maximum Gasteiger partial charge on any atom is 0.301 e. The minimum absolute atomic E-state index is 0.385. The lowest BCUT2D eigenvalue weighted by atomic mass is 10.2. The zero-order valence-electron chi connectivity index (χ0n) is 10.2. The second kappa shape index (κ2) is 5.42. The molecular formula is C11H16ClN3O2S. The second-order valence-corrected chi connectivity index (χ2v) is 6.43. The highest BCUT2D eigenvalue weighted by Gasteiger charge is 2.23. The highest BCUT2D eigenvalue weighted by molar-refractivity contribution is 7.90. The van der Waals surface area contributed by atoms with Crippen LogP contribution >= 0.6 is 11.6 Å². The van der Waals surface area contributed by atoms with Crippen LogP contribution in [0.5, 0.6) is 0 Å². The van der Waals surface area contributed by atoms with Gasteiger partial charge in [0.2, 0.25) is 0 Å². The largest absolute Gasteiger partial charge is 0.301 e. The van der Waals surface area contributed by atoms with Gasteiger partial charge >= 0.3 is 10.2 Å². The molecule has 0 amide bonds. The van der Waals surface area contributed by atoms with E-state index in [0.717, 1.165) is 24.8 Å². The predicted molar refractivity (Wildman–Crippen MR) is 72.0 cm³/mol. The van der Waals surface area contributed by atoms with Crippen LogP contribution in [-0.4, -0.2) is 30.8 Å². The summed E-state index contributed by atoms with van der Waals surface area (Å²) in [7, 11) is -3.47. The molecular weight excluding hydrogens is 274 g/mol. The fraction of sp³-hybridized carbons (Fsp3) is 0.545. The summed E-state index contributed by atoms with van der Waals surface area (Å²) in [6.07, 6.45) is 4.35. The van der Waals surface area contributed by atoms with Gasteiger partial charge in [0.15, 0.2) is 0 Å². The molecule has 0 unspecified atom stereocenters. The molecule has 18 heavy (non-hydrogen) atoms. The summed E-state index contributed by atoms with van der Waals surface area (Å²) < 4.78 is 28.2. The van der Waals surface area contributed by atoms with E-state index in [-0.39, 0.29) is 0 Å². The summed E-state index contributed by atoms with van der Waals surface area (Å²) in [5.41, 5.74) is 1.19. The Morgan fingerprint density at radius 2 is 2.00 bits per heavy atom. The van der Waals surface area contributed by atoms with Crippen LogP contribution < -0.4 is 4.72 Å². The summed E-state index contributed by atoms with van der Waals surface area (Å²) in [6, 6.07) is 1.68. The number of piperidine rings is 1. The Morgan fingerprint density at radius 3 is 2.61 bits per heavy atom. The van der Waals surface area contributed by atoms with Gasteiger partial charge in [-0.05, 0) is 31.4 Å². The Morgan fingerprint density at radius 1 is 1.33 bits per heavy atom. The van der Waals surface area contributed by atoms with Crippen molar-refractivity contribution >= 4 is 27.5 Å². The summed E-state index contributed by atoms with van der Waals surface area (Å²) >= 11 is 5.80. The van der Waals surface area contributed by atoms with E-state index >= 15 is 0 Å². The molecule has 1 N–H and O–H groups in total. The van der Waals surface area contributed by atoms with Gasteiger partial charge in [0.1, 0.15) is 5.15 Å². The first kappa shape index (κ1) is 13.6. The summed E-state index contributed by atoms with van der Waals surface area (Å²) in [5, 5.41) is 0.385. The van der Waals surface area contributed by atoms with Crippen molar-refractivity contribution in [2.75, 3.05) is 17.8 Å². The molecule has 0 spiro atoms. The molecule has 0 aromatic carbocycles. The van der Waals surface area contributed by atoms with Crippen molar-refractivity contribution in [1.29, 1.82) is 0 Å². The van der Waals surface area contributed by atoms with E-state index in [1.807, 2.05) is 0 Å². The highest BCUT2D eigenvalue weighted by atomic mass is 35.5. The van der Waals surface area contributed by atoms with Crippen molar-refractivity contribution in [3.05, 3.63) is 23.0 Å². The van der Waals surface area contributed by atoms with E-state index in [1.165, 1.54) is 10.5 Å². The monoisotopic (exact) mass is 289 g/mol. The zero-order valence-corrected chi connectivity index (χ0v) is 11.8. The molecule has 0 bridgehead atoms. The van der Waals surface area contributed by atoms with E-state index in [9.17, 15) is 8.42 Å². The summed E-state index contributed by atoms with van der Waals surface area (Å²) in [5.74, 6) is 0. The molecule has 1 aliphatic rings. The smallest absolute Gasteiger partial charge is 0.269 e. The topological polar surface area (TPSA) is 62.3 Å². The summed E-state index contributed by atoms with van der Waals surface area (Å²) in [4.78, 5) is 3.93. The lowest BCUT2D eigenvalue weighted by molar-refractivity contribution is 0.349. The molecule has 0 atom stereocenters. The average Bonchev–Trinajstić information content (AvgIpc) is 2.35. The van der Waals surface area contributed by atoms with Crippen molar-refractivity contribution in [3.63, 3.8) is 0 Å². The minimum atomic E-state index is -3.47. The fourth-order valence-electron chi connectivity index (χ4n) is 1.93. The molecule has 0 radical (unpaired) electrons. The lowest BCUT2D eigenvalue weighted by Gasteiger charge is -2.26. The van der Waals surface area contributed by atoms with E-state index in [2.05, 4.69) is 9.71 Å². The number of halogens is 1. The number of rotatable bonds is 3. The Bertz CT molecular complexity index is 527. The Kier molecular flexibility index (Phi) is 4.09. The number of anilines is 1. The number of hydrogen-bond acceptors (Lipinski definition) is 3. The summed E-state index contributed by atoms with van der Waals surface area (Å²) in [6.45, 7) is 2.94. The molecule has 0 saturated carbocycles. The van der Waals surface area contributed by atoms with E-state index < -0.39 is 10.2 Å². The first-order chi connectivity index (χ1) is 8.49. The fourth-order valence-corrected chi connectivity index (χ4v) is 3.31. The number of nitrogens with zero attached hydrogens (tertiary/aromatic N) is 2. The van der Waals surface area contributed by atoms with Gasteiger partial charge in [-0.1, -0.05) is 18.0 Å². The molecule has 1 aromatic heterocycles. The first-order valence-corrected chi connectivity index (χ1v) is 7.71. The van der Waals surface area contributed by atoms with Gasteiger partial charge in [0, 0.05) is 13.1 Å². The third-order valence-electron chi connectivity index (χ3n) is 2.92. The van der Waals surface area contributed by atoms with E-state index in [0.29, 0.717) is 23.9 Å². The maximum absolute atomic E-state index is 12.1. The second-order valence-electron chi connectivity index (χ2n) is 4.40. The van der Waals surface area contributed by atoms with E-state index in [1.54, 1.807) is 13.0 Å². The minimum Gasteiger partial charge on any atom is -0.269 e. The van der Waals surface area contributed by atoms with Crippen molar-refractivity contribution in [2.45, 2.75) is 26.2 Å². The lowest BCUT2D eigenvalue weighted by Crippen LogP contribution is -2.39. The first-order valence-electron chi connectivity index (χ1n) is 5.89. The normalized spacial score (nSPS) is 17.7. The average molecular weight is 290 g/mol. The van der Waals surface area contributed by atoms with Crippen LogP contribution in [0.1, 0.15) is 24.8 Å². The van der Waals surface area contributed by atoms with Crippen LogP contribution in [0.15, 0.2) is 12.3 Å². The Hall–Kier alpha value is -0.850. The number of aryl methyl sites for hydroxylation is 1. The molecule has 1 aromatic rings. The van der Waals surface area contributed by atoms with Crippen LogP contribution in [0.3, 0.4) is 0 Å². The predicted octanol–water partition coefficient (Wildman–Crippen LogP) is 2.19. The van der Waals surface area contributed by atoms with Gasteiger partial charge in [-0.2, -0.15) is 12.7 Å². The van der Waals surface area contributed by atoms with Gasteiger partial charge in [-0.15, -0.1) is 0 Å². The number of hydrogen-bond donors (Lipinski definition) is 1. The van der Waals surface area contributed by atoms with Gasteiger partial charge < -0.3 is 0 Å². The third-order valence-corrected chi connectivity index (χ3v) is 4.85. The van der Waals surface area contributed by atoms with Crippen molar-refractivity contribution in [3.8, 4) is 0 Å². The van der Waals surface area contributed by atoms with Crippen molar-refractivity contribution in [2.24, 2.45) is 0 Å². The van der Waals surface area contributed by atoms with Crippen LogP contribution in [0, 0.1) is 6.92 Å². The molecule has 7 heteroatoms. The molecule has 2 rings (SSSR count). The SMILES string of the molecule is Cc1cc(NS(=O)(=O)N2CCCCC2)cnc1Cl. The van der Waals surface area contributed by atoms with Crippen molar-refractivity contribution in [1.82, 2.24) is 9.29 Å². The van der Waals surface area contributed by atoms with Crippen molar-refractivity contribution < 1.29 is 8.42 Å². The molecule has 5 nitrogen and oxygen atoms in total. The molecule has 100 valence electrons. The van der Waals surface area contributed by atoms with Gasteiger partial charge in [-0.3, -0.25) is 4.72 Å². The number of aromatic nitrogens is 1. The van der Waals surface area contributed by atoms with E-state index in [4.69, 9.17) is 11.6 Å². The highest BCUT2D eigenvalue weighted by Crippen LogP contribution is 2.19. The molecule has 1 saturated heterocycles. The quantitative estimate of drug-likeness (QED) is 0.868. The Labute approximate surface area is 112 Å². The van der Waals surface area contributed by atoms with Crippen LogP contribution in [0.25, 0.3) is 0 Å². The zero-order chi connectivity index (χ0) is 13.2. The van der Waals surface area contributed by atoms with Gasteiger partial charge in [-0.25, -0.2) is 4.98 Å². The van der Waals surface area contributed by atoms with Crippen LogP contribution in [0.4, 0.5) is 5.69 Å². The number of pyridine rings is 1.